The second kappa shape index (κ2) is 5.91. The molecule has 2 heterocycles. The molecule has 1 aromatic heterocycles. The summed E-state index contributed by atoms with van der Waals surface area (Å²) in [5, 5.41) is 2.18. The Kier molecular flexibility index (Phi) is 3.92. The number of aromatic nitrogens is 1. The van der Waals surface area contributed by atoms with Crippen LogP contribution in [0.2, 0.25) is 0 Å². The molecule has 0 spiro atoms. The van der Waals surface area contributed by atoms with Crippen molar-refractivity contribution in [2.24, 2.45) is 0 Å². The summed E-state index contributed by atoms with van der Waals surface area (Å²) < 4.78 is 48.3. The highest BCUT2D eigenvalue weighted by Crippen LogP contribution is 2.32. The lowest BCUT2D eigenvalue weighted by Crippen LogP contribution is -2.22. The number of nitrogens with one attached hydrogen (secondary N) is 2. The van der Waals surface area contributed by atoms with Gasteiger partial charge in [-0.05, 0) is 23.8 Å². The molecule has 0 atom stereocenters. The Morgan fingerprint density at radius 3 is 2.71 bits per heavy atom. The Labute approximate surface area is 133 Å². The average molecular weight is 340 g/mol. The monoisotopic (exact) mass is 340 g/mol. The Bertz CT molecular complexity index is 845. The Balaban J connectivity index is 1.74. The SMILES string of the molecule is O=C(Cc1ccc2c(c1)OCO2)Nc1cc(C(F)(F)F)c[nH]c1=O. The van der Waals surface area contributed by atoms with Gasteiger partial charge >= 0.3 is 6.18 Å². The van der Waals surface area contributed by atoms with Crippen molar-refractivity contribution in [3.05, 3.63) is 51.9 Å². The van der Waals surface area contributed by atoms with Crippen LogP contribution in [0.1, 0.15) is 11.1 Å². The summed E-state index contributed by atoms with van der Waals surface area (Å²) in [4.78, 5) is 25.5. The molecule has 6 nitrogen and oxygen atoms in total. The van der Waals surface area contributed by atoms with Crippen molar-refractivity contribution in [3.8, 4) is 11.5 Å². The maximum atomic E-state index is 12.7. The number of hydrogen-bond acceptors (Lipinski definition) is 4. The zero-order valence-corrected chi connectivity index (χ0v) is 12.1. The number of anilines is 1. The van der Waals surface area contributed by atoms with Gasteiger partial charge in [0.15, 0.2) is 11.5 Å². The lowest BCUT2D eigenvalue weighted by Gasteiger charge is -2.09. The predicted molar refractivity (Wildman–Crippen MR) is 77.0 cm³/mol. The molecule has 0 bridgehead atoms. The number of rotatable bonds is 3. The molecule has 1 amide bonds. The molecule has 2 aromatic rings. The fourth-order valence-corrected chi connectivity index (χ4v) is 2.17. The Morgan fingerprint density at radius 2 is 1.96 bits per heavy atom. The minimum atomic E-state index is -4.62. The number of pyridine rings is 1. The highest BCUT2D eigenvalue weighted by Gasteiger charge is 2.31. The van der Waals surface area contributed by atoms with E-state index in [2.05, 4.69) is 5.32 Å². The third kappa shape index (κ3) is 3.34. The molecule has 0 aliphatic carbocycles. The van der Waals surface area contributed by atoms with E-state index < -0.39 is 28.9 Å². The fourth-order valence-electron chi connectivity index (χ4n) is 2.17. The fraction of sp³-hybridized carbons (Fsp3) is 0.200. The summed E-state index contributed by atoms with van der Waals surface area (Å²) in [7, 11) is 0. The molecule has 3 rings (SSSR count). The Morgan fingerprint density at radius 1 is 1.21 bits per heavy atom. The number of aromatic amines is 1. The van der Waals surface area contributed by atoms with E-state index in [0.29, 0.717) is 29.3 Å². The summed E-state index contributed by atoms with van der Waals surface area (Å²) in [6.45, 7) is 0.0879. The van der Waals surface area contributed by atoms with Gasteiger partial charge in [0.1, 0.15) is 5.69 Å². The van der Waals surface area contributed by atoms with E-state index in [1.54, 1.807) is 18.2 Å². The van der Waals surface area contributed by atoms with Crippen molar-refractivity contribution in [2.75, 3.05) is 12.1 Å². The number of carbonyl (C=O) groups excluding carboxylic acids is 1. The van der Waals surface area contributed by atoms with Gasteiger partial charge in [0.2, 0.25) is 12.7 Å². The van der Waals surface area contributed by atoms with Gasteiger partial charge in [0.25, 0.3) is 5.56 Å². The van der Waals surface area contributed by atoms with Crippen LogP contribution >= 0.6 is 0 Å². The van der Waals surface area contributed by atoms with Crippen LogP contribution in [0.4, 0.5) is 18.9 Å². The van der Waals surface area contributed by atoms with Gasteiger partial charge in [-0.25, -0.2) is 0 Å². The lowest BCUT2D eigenvalue weighted by molar-refractivity contribution is -0.137. The second-order valence-corrected chi connectivity index (χ2v) is 5.04. The number of fused-ring (bicyclic) bond motifs is 1. The molecule has 1 aliphatic heterocycles. The number of hydrogen-bond donors (Lipinski definition) is 2. The van der Waals surface area contributed by atoms with Crippen LogP contribution in [0.3, 0.4) is 0 Å². The van der Waals surface area contributed by atoms with Crippen molar-refractivity contribution in [3.63, 3.8) is 0 Å². The van der Waals surface area contributed by atoms with E-state index in [1.165, 1.54) is 0 Å². The maximum absolute atomic E-state index is 12.7. The van der Waals surface area contributed by atoms with E-state index >= 15 is 0 Å². The van der Waals surface area contributed by atoms with Gasteiger partial charge in [-0.15, -0.1) is 0 Å². The normalized spacial score (nSPS) is 13.0. The minimum Gasteiger partial charge on any atom is -0.454 e. The molecule has 126 valence electrons. The van der Waals surface area contributed by atoms with Crippen molar-refractivity contribution >= 4 is 11.6 Å². The van der Waals surface area contributed by atoms with Crippen LogP contribution in [0, 0.1) is 0 Å². The summed E-state index contributed by atoms with van der Waals surface area (Å²) in [5.41, 5.74) is -1.77. The molecule has 0 saturated heterocycles. The van der Waals surface area contributed by atoms with E-state index in [9.17, 15) is 22.8 Å². The first-order valence-corrected chi connectivity index (χ1v) is 6.81. The predicted octanol–water partition coefficient (Wildman–Crippen LogP) is 2.30. The topological polar surface area (TPSA) is 80.4 Å². The van der Waals surface area contributed by atoms with E-state index in [1.807, 2.05) is 4.98 Å². The second-order valence-electron chi connectivity index (χ2n) is 5.04. The van der Waals surface area contributed by atoms with Gasteiger partial charge in [-0.1, -0.05) is 6.07 Å². The van der Waals surface area contributed by atoms with Crippen LogP contribution in [0.25, 0.3) is 0 Å². The molecule has 24 heavy (non-hydrogen) atoms. The first-order valence-electron chi connectivity index (χ1n) is 6.81. The van der Waals surface area contributed by atoms with Gasteiger partial charge in [-0.2, -0.15) is 13.2 Å². The highest BCUT2D eigenvalue weighted by molar-refractivity contribution is 5.92. The summed E-state index contributed by atoms with van der Waals surface area (Å²) >= 11 is 0. The molecule has 0 saturated carbocycles. The molecule has 1 aromatic carbocycles. The van der Waals surface area contributed by atoms with Crippen LogP contribution in [0.15, 0.2) is 35.3 Å². The van der Waals surface area contributed by atoms with Crippen LogP contribution < -0.4 is 20.3 Å². The van der Waals surface area contributed by atoms with E-state index in [0.717, 1.165) is 0 Å². The highest BCUT2D eigenvalue weighted by atomic mass is 19.4. The molecule has 0 radical (unpaired) electrons. The molecule has 0 unspecified atom stereocenters. The smallest absolute Gasteiger partial charge is 0.417 e. The Hall–Kier alpha value is -2.97. The number of carbonyl (C=O) groups is 1. The first kappa shape index (κ1) is 15.9. The molecule has 1 aliphatic rings. The number of alkyl halides is 3. The molecular weight excluding hydrogens is 329 g/mol. The van der Waals surface area contributed by atoms with Gasteiger partial charge in [-0.3, -0.25) is 9.59 Å². The average Bonchev–Trinajstić information content (AvgIpc) is 2.96. The molecule has 0 fully saturated rings. The quantitative estimate of drug-likeness (QED) is 0.898. The molecule has 2 N–H and O–H groups in total. The maximum Gasteiger partial charge on any atom is 0.417 e. The number of benzene rings is 1. The minimum absolute atomic E-state index is 0.0879. The third-order valence-electron chi connectivity index (χ3n) is 3.31. The zero-order chi connectivity index (χ0) is 17.3. The van der Waals surface area contributed by atoms with Gasteiger partial charge < -0.3 is 19.8 Å². The van der Waals surface area contributed by atoms with Crippen molar-refractivity contribution in [1.29, 1.82) is 0 Å². The number of halogens is 3. The summed E-state index contributed by atoms with van der Waals surface area (Å²) in [6.07, 6.45) is -4.21. The van der Waals surface area contributed by atoms with Crippen molar-refractivity contribution < 1.29 is 27.4 Å². The van der Waals surface area contributed by atoms with Gasteiger partial charge in [0, 0.05) is 6.20 Å². The van der Waals surface area contributed by atoms with Gasteiger partial charge in [0.05, 0.1) is 12.0 Å². The third-order valence-corrected chi connectivity index (χ3v) is 3.31. The molecule has 9 heteroatoms. The van der Waals surface area contributed by atoms with Crippen LogP contribution in [-0.2, 0) is 17.4 Å². The first-order chi connectivity index (χ1) is 11.3. The van der Waals surface area contributed by atoms with Crippen LogP contribution in [0.5, 0.6) is 11.5 Å². The van der Waals surface area contributed by atoms with E-state index in [-0.39, 0.29) is 13.2 Å². The van der Waals surface area contributed by atoms with Crippen molar-refractivity contribution in [1.82, 2.24) is 4.98 Å². The standard InChI is InChI=1S/C15H11F3N2O4/c16-15(17,18)9-5-10(14(22)19-6-9)20-13(21)4-8-1-2-11-12(3-8)24-7-23-11/h1-3,5-6H,4,7H2,(H,19,22)(H,20,21). The zero-order valence-electron chi connectivity index (χ0n) is 12.1. The van der Waals surface area contributed by atoms with Crippen molar-refractivity contribution in [2.45, 2.75) is 12.6 Å². The largest absolute Gasteiger partial charge is 0.454 e. The molecular formula is C15H11F3N2O4. The van der Waals surface area contributed by atoms with Crippen LogP contribution in [-0.4, -0.2) is 17.7 Å². The lowest BCUT2D eigenvalue weighted by atomic mass is 10.1. The summed E-state index contributed by atoms with van der Waals surface area (Å²) in [5.74, 6) is 0.407. The summed E-state index contributed by atoms with van der Waals surface area (Å²) in [6, 6.07) is 5.44. The number of H-pyrrole nitrogens is 1. The number of amides is 1. The van der Waals surface area contributed by atoms with E-state index in [4.69, 9.17) is 9.47 Å². The number of ether oxygens (including phenoxy) is 2.